The molecule has 0 amide bonds. The van der Waals surface area contributed by atoms with Crippen LogP contribution in [0.25, 0.3) is 27.6 Å². The molecule has 1 saturated carbocycles. The van der Waals surface area contributed by atoms with E-state index in [9.17, 15) is 9.18 Å². The number of aryl methyl sites for hydroxylation is 1. The van der Waals surface area contributed by atoms with Gasteiger partial charge in [0.2, 0.25) is 0 Å². The van der Waals surface area contributed by atoms with Gasteiger partial charge in [-0.25, -0.2) is 14.4 Å². The summed E-state index contributed by atoms with van der Waals surface area (Å²) < 4.78 is 31.6. The van der Waals surface area contributed by atoms with E-state index in [4.69, 9.17) is 24.2 Å². The molecule has 202 valence electrons. The molecule has 1 aromatic carbocycles. The van der Waals surface area contributed by atoms with Crippen LogP contribution in [-0.2, 0) is 19.0 Å². The predicted octanol–water partition coefficient (Wildman–Crippen LogP) is 7.34. The van der Waals surface area contributed by atoms with Crippen LogP contribution in [0.1, 0.15) is 82.5 Å². The van der Waals surface area contributed by atoms with E-state index in [1.165, 1.54) is 12.1 Å². The smallest absolute Gasteiger partial charge is 0.308 e. The molecule has 1 aliphatic heterocycles. The Hall–Kier alpha value is -2.68. The highest BCUT2D eigenvalue weighted by molar-refractivity contribution is 7.18. The molecule has 0 radical (unpaired) electrons. The van der Waals surface area contributed by atoms with Gasteiger partial charge in [0.25, 0.3) is 0 Å². The molecule has 2 atom stereocenters. The third-order valence-electron chi connectivity index (χ3n) is 6.49. The van der Waals surface area contributed by atoms with Gasteiger partial charge in [0, 0.05) is 23.5 Å². The molecular formula is C30H35FN2O4S. The number of ether oxygens (including phenoxy) is 3. The number of hydrogen-bond acceptors (Lipinski definition) is 7. The number of fused-ring (bicyclic) bond motifs is 1. The molecule has 2 aromatic heterocycles. The Kier molecular flexibility index (Phi) is 7.18. The summed E-state index contributed by atoms with van der Waals surface area (Å²) in [5.41, 5.74) is 4.20. The first kappa shape index (κ1) is 26.9. The Bertz CT molecular complexity index is 1370. The summed E-state index contributed by atoms with van der Waals surface area (Å²) in [5, 5.41) is 0.943. The van der Waals surface area contributed by atoms with Crippen LogP contribution in [0.5, 0.6) is 0 Å². The largest absolute Gasteiger partial charge is 0.460 e. The SMILES string of the molecule is Cc1nc2c(-c3ccc(F)cc3)c(/C=C/C3CC(CC(=O)OC(C)(C)C)OC(C)(C)O3)c(C3CC3)nc2s1. The first-order valence-corrected chi connectivity index (χ1v) is 14.0. The van der Waals surface area contributed by atoms with Crippen molar-refractivity contribution in [2.45, 2.75) is 96.7 Å². The van der Waals surface area contributed by atoms with Gasteiger partial charge in [-0.05, 0) is 72.1 Å². The van der Waals surface area contributed by atoms with Gasteiger partial charge in [0.1, 0.15) is 21.8 Å². The minimum atomic E-state index is -0.854. The number of benzene rings is 1. The van der Waals surface area contributed by atoms with E-state index in [1.807, 2.05) is 47.6 Å². The Morgan fingerprint density at radius 1 is 1.18 bits per heavy atom. The van der Waals surface area contributed by atoms with Gasteiger partial charge < -0.3 is 14.2 Å². The van der Waals surface area contributed by atoms with Crippen LogP contribution in [0.15, 0.2) is 30.3 Å². The monoisotopic (exact) mass is 538 g/mol. The molecule has 2 aliphatic rings. The topological polar surface area (TPSA) is 70.5 Å². The normalized spacial score (nSPS) is 21.8. The lowest BCUT2D eigenvalue weighted by molar-refractivity contribution is -0.290. The summed E-state index contributed by atoms with van der Waals surface area (Å²) in [5.74, 6) is -1.02. The number of hydrogen-bond donors (Lipinski definition) is 0. The van der Waals surface area contributed by atoms with Crippen LogP contribution < -0.4 is 0 Å². The molecule has 0 bridgehead atoms. The van der Waals surface area contributed by atoms with Gasteiger partial charge in [-0.15, -0.1) is 0 Å². The second-order valence-electron chi connectivity index (χ2n) is 11.6. The van der Waals surface area contributed by atoms with Crippen molar-refractivity contribution in [2.24, 2.45) is 0 Å². The van der Waals surface area contributed by atoms with Crippen LogP contribution in [0, 0.1) is 12.7 Å². The minimum absolute atomic E-state index is 0.161. The van der Waals surface area contributed by atoms with Crippen LogP contribution >= 0.6 is 11.3 Å². The second-order valence-corrected chi connectivity index (χ2v) is 12.8. The van der Waals surface area contributed by atoms with E-state index >= 15 is 0 Å². The highest BCUT2D eigenvalue weighted by Gasteiger charge is 2.37. The molecule has 3 aromatic rings. The van der Waals surface area contributed by atoms with Crippen molar-refractivity contribution in [1.29, 1.82) is 0 Å². The molecular weight excluding hydrogens is 503 g/mol. The zero-order valence-electron chi connectivity index (χ0n) is 22.8. The first-order chi connectivity index (χ1) is 17.9. The van der Waals surface area contributed by atoms with Gasteiger partial charge in [-0.1, -0.05) is 35.6 Å². The van der Waals surface area contributed by atoms with Crippen molar-refractivity contribution in [3.05, 3.63) is 52.4 Å². The Balaban J connectivity index is 1.50. The number of pyridine rings is 1. The summed E-state index contributed by atoms with van der Waals surface area (Å²) in [4.78, 5) is 23.3. The molecule has 1 saturated heterocycles. The highest BCUT2D eigenvalue weighted by atomic mass is 32.1. The molecule has 5 rings (SSSR count). The van der Waals surface area contributed by atoms with E-state index in [0.717, 1.165) is 50.6 Å². The number of esters is 1. The van der Waals surface area contributed by atoms with Gasteiger partial charge in [-0.3, -0.25) is 4.79 Å². The van der Waals surface area contributed by atoms with E-state index in [0.29, 0.717) is 12.3 Å². The lowest BCUT2D eigenvalue weighted by Gasteiger charge is -2.39. The van der Waals surface area contributed by atoms with Gasteiger partial charge in [-0.2, -0.15) is 0 Å². The van der Waals surface area contributed by atoms with E-state index < -0.39 is 11.4 Å². The lowest BCUT2D eigenvalue weighted by Crippen LogP contribution is -2.45. The van der Waals surface area contributed by atoms with Gasteiger partial charge in [0.05, 0.1) is 29.3 Å². The third kappa shape index (κ3) is 6.30. The number of carbonyl (C=O) groups is 1. The Labute approximate surface area is 227 Å². The van der Waals surface area contributed by atoms with E-state index in [-0.39, 0.29) is 30.4 Å². The Morgan fingerprint density at radius 3 is 2.55 bits per heavy atom. The molecule has 2 unspecified atom stereocenters. The second kappa shape index (κ2) is 10.1. The van der Waals surface area contributed by atoms with Crippen LogP contribution in [0.4, 0.5) is 4.39 Å². The maximum atomic E-state index is 13.8. The van der Waals surface area contributed by atoms with Crippen LogP contribution in [0.2, 0.25) is 0 Å². The fourth-order valence-electron chi connectivity index (χ4n) is 4.99. The zero-order valence-corrected chi connectivity index (χ0v) is 23.7. The zero-order chi connectivity index (χ0) is 27.2. The van der Waals surface area contributed by atoms with Gasteiger partial charge >= 0.3 is 5.97 Å². The summed E-state index contributed by atoms with van der Waals surface area (Å²) in [6, 6.07) is 6.57. The molecule has 0 spiro atoms. The third-order valence-corrected chi connectivity index (χ3v) is 7.35. The lowest BCUT2D eigenvalue weighted by atomic mass is 9.95. The van der Waals surface area contributed by atoms with E-state index in [1.54, 1.807) is 23.5 Å². The van der Waals surface area contributed by atoms with Crippen molar-refractivity contribution in [3.8, 4) is 11.1 Å². The van der Waals surface area contributed by atoms with Crippen molar-refractivity contribution in [2.75, 3.05) is 0 Å². The summed E-state index contributed by atoms with van der Waals surface area (Å²) >= 11 is 1.58. The minimum Gasteiger partial charge on any atom is -0.460 e. The van der Waals surface area contributed by atoms with Gasteiger partial charge in [0.15, 0.2) is 5.79 Å². The Morgan fingerprint density at radius 2 is 1.89 bits per heavy atom. The average Bonchev–Trinajstić information content (AvgIpc) is 3.56. The molecule has 3 heterocycles. The standard InChI is InChI=1S/C30H35FN2O4S/c1-17-32-27-25(18-9-11-20(31)12-10-18)23(26(19-7-8-19)33-28(27)38-17)14-13-21-15-22(36-30(5,6)35-21)16-24(34)37-29(2,3)4/h9-14,19,21-22H,7-8,15-16H2,1-6H3/b14-13+. The van der Waals surface area contributed by atoms with Crippen molar-refractivity contribution >= 4 is 33.7 Å². The molecule has 38 heavy (non-hydrogen) atoms. The number of carbonyl (C=O) groups excluding carboxylic acids is 1. The quantitative estimate of drug-likeness (QED) is 0.306. The number of halogens is 1. The fourth-order valence-corrected chi connectivity index (χ4v) is 5.80. The predicted molar refractivity (Wildman–Crippen MR) is 147 cm³/mol. The maximum absolute atomic E-state index is 13.8. The number of thiazole rings is 1. The summed E-state index contributed by atoms with van der Waals surface area (Å²) in [6.07, 6.45) is 6.38. The molecule has 2 fully saturated rings. The van der Waals surface area contributed by atoms with Crippen molar-refractivity contribution in [1.82, 2.24) is 9.97 Å². The molecule has 1 aliphatic carbocycles. The maximum Gasteiger partial charge on any atom is 0.308 e. The fraction of sp³-hybridized carbons (Fsp3) is 0.500. The molecule has 8 heteroatoms. The van der Waals surface area contributed by atoms with Crippen molar-refractivity contribution < 1.29 is 23.4 Å². The first-order valence-electron chi connectivity index (χ1n) is 13.2. The van der Waals surface area contributed by atoms with Crippen molar-refractivity contribution in [3.63, 3.8) is 0 Å². The van der Waals surface area contributed by atoms with Crippen LogP contribution in [0.3, 0.4) is 0 Å². The number of nitrogens with zero attached hydrogens (tertiary/aromatic N) is 2. The summed E-state index contributed by atoms with van der Waals surface area (Å²) in [7, 11) is 0. The number of aromatic nitrogens is 2. The van der Waals surface area contributed by atoms with E-state index in [2.05, 4.69) is 6.08 Å². The average molecular weight is 539 g/mol. The van der Waals surface area contributed by atoms with Crippen LogP contribution in [-0.4, -0.2) is 39.5 Å². The molecule has 0 N–H and O–H groups in total. The summed E-state index contributed by atoms with van der Waals surface area (Å²) in [6.45, 7) is 11.3. The number of rotatable bonds is 6. The molecule has 6 nitrogen and oxygen atoms in total. The highest BCUT2D eigenvalue weighted by Crippen LogP contribution is 2.46.